The quantitative estimate of drug-likeness (QED) is 0.742. The zero-order valence-electron chi connectivity index (χ0n) is 12.8. The number of nitrogens with zero attached hydrogens (tertiary/aromatic N) is 1. The maximum absolute atomic E-state index is 12.6. The van der Waals surface area contributed by atoms with E-state index in [4.69, 9.17) is 10.5 Å². The fraction of sp³-hybridized carbons (Fsp3) is 0.562. The highest BCUT2D eigenvalue weighted by Crippen LogP contribution is 2.20. The molecule has 0 unspecified atom stereocenters. The molecule has 0 radical (unpaired) electrons. The SMILES string of the molecule is CCCCN(CCCC)C(=O)c1cc(N)cc(OC)c1. The molecular formula is C16H26N2O2. The Balaban J connectivity index is 2.89. The smallest absolute Gasteiger partial charge is 0.254 e. The van der Waals surface area contributed by atoms with Crippen molar-refractivity contribution in [3.8, 4) is 5.75 Å². The van der Waals surface area contributed by atoms with E-state index in [-0.39, 0.29) is 5.91 Å². The summed E-state index contributed by atoms with van der Waals surface area (Å²) in [6.07, 6.45) is 4.20. The van der Waals surface area contributed by atoms with Gasteiger partial charge in [-0.1, -0.05) is 26.7 Å². The molecule has 0 aromatic heterocycles. The summed E-state index contributed by atoms with van der Waals surface area (Å²) in [6, 6.07) is 5.19. The Morgan fingerprint density at radius 3 is 2.25 bits per heavy atom. The van der Waals surface area contributed by atoms with E-state index in [9.17, 15) is 4.79 Å². The first-order chi connectivity index (χ1) is 9.62. The van der Waals surface area contributed by atoms with E-state index in [1.54, 1.807) is 25.3 Å². The maximum Gasteiger partial charge on any atom is 0.254 e. The second kappa shape index (κ2) is 8.46. The number of hydrogen-bond acceptors (Lipinski definition) is 3. The van der Waals surface area contributed by atoms with Gasteiger partial charge in [-0.2, -0.15) is 0 Å². The third kappa shape index (κ3) is 4.76. The van der Waals surface area contributed by atoms with Gasteiger partial charge in [0.05, 0.1) is 7.11 Å². The van der Waals surface area contributed by atoms with E-state index >= 15 is 0 Å². The molecule has 0 atom stereocenters. The molecule has 4 heteroatoms. The molecule has 1 rings (SSSR count). The van der Waals surface area contributed by atoms with Crippen molar-refractivity contribution in [1.82, 2.24) is 4.90 Å². The minimum absolute atomic E-state index is 0.0394. The van der Waals surface area contributed by atoms with Crippen molar-refractivity contribution in [2.24, 2.45) is 0 Å². The first kappa shape index (κ1) is 16.3. The van der Waals surface area contributed by atoms with E-state index < -0.39 is 0 Å². The van der Waals surface area contributed by atoms with Crippen molar-refractivity contribution in [2.75, 3.05) is 25.9 Å². The molecule has 0 aliphatic heterocycles. The van der Waals surface area contributed by atoms with Crippen LogP contribution in [-0.4, -0.2) is 31.0 Å². The number of methoxy groups -OCH3 is 1. The van der Waals surface area contributed by atoms with Crippen LogP contribution >= 0.6 is 0 Å². The van der Waals surface area contributed by atoms with Gasteiger partial charge in [-0.3, -0.25) is 4.79 Å². The van der Waals surface area contributed by atoms with Crippen LogP contribution < -0.4 is 10.5 Å². The Hall–Kier alpha value is -1.71. The molecule has 0 aliphatic rings. The topological polar surface area (TPSA) is 55.6 Å². The predicted octanol–water partition coefficient (Wildman–Crippen LogP) is 3.32. The number of benzene rings is 1. The number of carbonyl (C=O) groups excluding carboxylic acids is 1. The molecular weight excluding hydrogens is 252 g/mol. The average Bonchev–Trinajstić information content (AvgIpc) is 2.46. The van der Waals surface area contributed by atoms with Crippen LogP contribution in [0.4, 0.5) is 5.69 Å². The number of hydrogen-bond donors (Lipinski definition) is 1. The minimum Gasteiger partial charge on any atom is -0.497 e. The summed E-state index contributed by atoms with van der Waals surface area (Å²) in [5.41, 5.74) is 6.98. The van der Waals surface area contributed by atoms with E-state index in [2.05, 4.69) is 13.8 Å². The van der Waals surface area contributed by atoms with Gasteiger partial charge in [0.15, 0.2) is 0 Å². The van der Waals surface area contributed by atoms with Crippen LogP contribution in [0.25, 0.3) is 0 Å². The highest BCUT2D eigenvalue weighted by atomic mass is 16.5. The molecule has 112 valence electrons. The number of nitrogen functional groups attached to an aromatic ring is 1. The standard InChI is InChI=1S/C16H26N2O2/c1-4-6-8-18(9-7-5-2)16(19)13-10-14(17)12-15(11-13)20-3/h10-12H,4-9,17H2,1-3H3. The first-order valence-electron chi connectivity index (χ1n) is 7.36. The summed E-state index contributed by atoms with van der Waals surface area (Å²) < 4.78 is 5.18. The van der Waals surface area contributed by atoms with Gasteiger partial charge in [0.25, 0.3) is 5.91 Å². The van der Waals surface area contributed by atoms with Crippen LogP contribution in [0.15, 0.2) is 18.2 Å². The van der Waals surface area contributed by atoms with Gasteiger partial charge >= 0.3 is 0 Å². The molecule has 1 amide bonds. The van der Waals surface area contributed by atoms with Crippen molar-refractivity contribution in [3.63, 3.8) is 0 Å². The van der Waals surface area contributed by atoms with Crippen molar-refractivity contribution in [3.05, 3.63) is 23.8 Å². The molecule has 0 heterocycles. The number of carbonyl (C=O) groups is 1. The molecule has 2 N–H and O–H groups in total. The van der Waals surface area contributed by atoms with Crippen molar-refractivity contribution >= 4 is 11.6 Å². The average molecular weight is 278 g/mol. The second-order valence-electron chi connectivity index (χ2n) is 4.99. The largest absolute Gasteiger partial charge is 0.497 e. The Kier molecular flexibility index (Phi) is 6.91. The van der Waals surface area contributed by atoms with Crippen molar-refractivity contribution in [1.29, 1.82) is 0 Å². The molecule has 0 saturated heterocycles. The lowest BCUT2D eigenvalue weighted by molar-refractivity contribution is 0.0750. The van der Waals surface area contributed by atoms with Crippen LogP contribution in [0, 0.1) is 0 Å². The Labute approximate surface area is 121 Å². The van der Waals surface area contributed by atoms with Crippen LogP contribution in [0.3, 0.4) is 0 Å². The van der Waals surface area contributed by atoms with Crippen molar-refractivity contribution in [2.45, 2.75) is 39.5 Å². The van der Waals surface area contributed by atoms with E-state index in [0.717, 1.165) is 38.8 Å². The zero-order valence-corrected chi connectivity index (χ0v) is 12.8. The van der Waals surface area contributed by atoms with Crippen LogP contribution in [0.5, 0.6) is 5.75 Å². The molecule has 0 fully saturated rings. The van der Waals surface area contributed by atoms with Crippen molar-refractivity contribution < 1.29 is 9.53 Å². The molecule has 0 spiro atoms. The number of unbranched alkanes of at least 4 members (excludes halogenated alkanes) is 2. The molecule has 0 aliphatic carbocycles. The fourth-order valence-electron chi connectivity index (χ4n) is 2.06. The summed E-state index contributed by atoms with van der Waals surface area (Å²) in [5, 5.41) is 0. The second-order valence-corrected chi connectivity index (χ2v) is 4.99. The Morgan fingerprint density at radius 1 is 1.15 bits per heavy atom. The molecule has 1 aromatic carbocycles. The number of amides is 1. The zero-order chi connectivity index (χ0) is 15.0. The monoisotopic (exact) mass is 278 g/mol. The maximum atomic E-state index is 12.6. The number of rotatable bonds is 8. The molecule has 0 saturated carbocycles. The number of ether oxygens (including phenoxy) is 1. The van der Waals surface area contributed by atoms with E-state index in [1.807, 2.05) is 4.90 Å². The molecule has 0 bridgehead atoms. The van der Waals surface area contributed by atoms with Gasteiger partial charge in [0.1, 0.15) is 5.75 Å². The summed E-state index contributed by atoms with van der Waals surface area (Å²) in [5.74, 6) is 0.664. The normalized spacial score (nSPS) is 10.3. The Bertz CT molecular complexity index is 424. The summed E-state index contributed by atoms with van der Waals surface area (Å²) in [4.78, 5) is 14.5. The van der Waals surface area contributed by atoms with Gasteiger partial charge in [0.2, 0.25) is 0 Å². The lowest BCUT2D eigenvalue weighted by Gasteiger charge is -2.23. The molecule has 1 aromatic rings. The highest BCUT2D eigenvalue weighted by Gasteiger charge is 2.16. The van der Waals surface area contributed by atoms with Crippen LogP contribution in [0.1, 0.15) is 49.9 Å². The number of nitrogens with two attached hydrogens (primary N) is 1. The third-order valence-electron chi connectivity index (χ3n) is 3.26. The van der Waals surface area contributed by atoms with Crippen LogP contribution in [0.2, 0.25) is 0 Å². The van der Waals surface area contributed by atoms with Crippen LogP contribution in [-0.2, 0) is 0 Å². The predicted molar refractivity (Wildman–Crippen MR) is 83.1 cm³/mol. The highest BCUT2D eigenvalue weighted by molar-refractivity contribution is 5.95. The lowest BCUT2D eigenvalue weighted by Crippen LogP contribution is -2.33. The van der Waals surface area contributed by atoms with Gasteiger partial charge in [-0.25, -0.2) is 0 Å². The van der Waals surface area contributed by atoms with Gasteiger partial charge < -0.3 is 15.4 Å². The molecule has 20 heavy (non-hydrogen) atoms. The minimum atomic E-state index is 0.0394. The fourth-order valence-corrected chi connectivity index (χ4v) is 2.06. The lowest BCUT2D eigenvalue weighted by atomic mass is 10.1. The summed E-state index contributed by atoms with van der Waals surface area (Å²) in [7, 11) is 1.58. The van der Waals surface area contributed by atoms with Gasteiger partial charge in [-0.05, 0) is 25.0 Å². The third-order valence-corrected chi connectivity index (χ3v) is 3.26. The first-order valence-corrected chi connectivity index (χ1v) is 7.36. The number of anilines is 1. The summed E-state index contributed by atoms with van der Waals surface area (Å²) >= 11 is 0. The molecule has 4 nitrogen and oxygen atoms in total. The van der Waals surface area contributed by atoms with Gasteiger partial charge in [-0.15, -0.1) is 0 Å². The van der Waals surface area contributed by atoms with Gasteiger partial charge in [0, 0.05) is 30.4 Å². The van der Waals surface area contributed by atoms with E-state index in [0.29, 0.717) is 17.0 Å². The Morgan fingerprint density at radius 2 is 1.75 bits per heavy atom. The summed E-state index contributed by atoms with van der Waals surface area (Å²) in [6.45, 7) is 5.86. The van der Waals surface area contributed by atoms with E-state index in [1.165, 1.54) is 0 Å².